The van der Waals surface area contributed by atoms with E-state index in [1.165, 1.54) is 36.0 Å². The lowest BCUT2D eigenvalue weighted by Gasteiger charge is -2.08. The maximum atomic E-state index is 12.6. The third-order valence-corrected chi connectivity index (χ3v) is 6.83. The van der Waals surface area contributed by atoms with Gasteiger partial charge in [0.25, 0.3) is 0 Å². The van der Waals surface area contributed by atoms with Crippen LogP contribution in [0.1, 0.15) is 22.5 Å². The Morgan fingerprint density at radius 3 is 2.27 bits per heavy atom. The molecule has 0 radical (unpaired) electrons. The number of aryl methyl sites for hydroxylation is 1. The molecule has 0 aliphatic rings. The van der Waals surface area contributed by atoms with Gasteiger partial charge >= 0.3 is 6.18 Å². The van der Waals surface area contributed by atoms with Gasteiger partial charge in [-0.2, -0.15) is 13.2 Å². The van der Waals surface area contributed by atoms with Crippen molar-refractivity contribution in [1.29, 1.82) is 0 Å². The fourth-order valence-electron chi connectivity index (χ4n) is 2.52. The van der Waals surface area contributed by atoms with Gasteiger partial charge in [0.1, 0.15) is 5.82 Å². The first-order valence-electron chi connectivity index (χ1n) is 8.80. The molecule has 2 aromatic carbocycles. The highest BCUT2D eigenvalue weighted by molar-refractivity contribution is 7.98. The van der Waals surface area contributed by atoms with Gasteiger partial charge < -0.3 is 4.57 Å². The molecule has 3 rings (SSSR count). The first-order valence-corrected chi connectivity index (χ1v) is 11.3. The minimum atomic E-state index is -4.36. The predicted molar refractivity (Wildman–Crippen MR) is 107 cm³/mol. The number of thioether (sulfide) groups is 1. The number of hydrogen-bond acceptors (Lipinski definition) is 5. The summed E-state index contributed by atoms with van der Waals surface area (Å²) in [5.74, 6) is 0.819. The summed E-state index contributed by atoms with van der Waals surface area (Å²) in [5, 5.41) is 8.56. The van der Waals surface area contributed by atoms with Crippen LogP contribution in [0.2, 0.25) is 0 Å². The molecule has 0 aliphatic heterocycles. The molecular formula is C19H19F3N4O2S2. The Kier molecular flexibility index (Phi) is 6.53. The van der Waals surface area contributed by atoms with E-state index in [9.17, 15) is 21.6 Å². The van der Waals surface area contributed by atoms with Crippen molar-refractivity contribution in [2.45, 2.75) is 35.4 Å². The van der Waals surface area contributed by atoms with E-state index in [-0.39, 0.29) is 11.4 Å². The lowest BCUT2D eigenvalue weighted by Crippen LogP contribution is -2.24. The van der Waals surface area contributed by atoms with E-state index in [4.69, 9.17) is 0 Å². The molecule has 0 bridgehead atoms. The molecule has 0 atom stereocenters. The van der Waals surface area contributed by atoms with Crippen molar-refractivity contribution in [2.75, 3.05) is 0 Å². The third kappa shape index (κ3) is 5.41. The molecular weight excluding hydrogens is 437 g/mol. The number of aromatic nitrogens is 3. The van der Waals surface area contributed by atoms with Crippen molar-refractivity contribution in [2.24, 2.45) is 7.05 Å². The highest BCUT2D eigenvalue weighted by atomic mass is 32.2. The van der Waals surface area contributed by atoms with Crippen molar-refractivity contribution in [3.05, 3.63) is 71.0 Å². The van der Waals surface area contributed by atoms with Gasteiger partial charge in [0.05, 0.1) is 17.0 Å². The summed E-state index contributed by atoms with van der Waals surface area (Å²) in [6, 6.07) is 11.4. The Balaban J connectivity index is 1.61. The second kappa shape index (κ2) is 8.78. The number of benzene rings is 2. The molecule has 0 amide bonds. The van der Waals surface area contributed by atoms with Gasteiger partial charge in [-0.3, -0.25) is 0 Å². The Morgan fingerprint density at radius 2 is 1.67 bits per heavy atom. The van der Waals surface area contributed by atoms with Gasteiger partial charge in [0.2, 0.25) is 10.0 Å². The molecule has 0 aliphatic carbocycles. The molecule has 160 valence electrons. The van der Waals surface area contributed by atoms with Crippen LogP contribution < -0.4 is 4.72 Å². The summed E-state index contributed by atoms with van der Waals surface area (Å²) in [4.78, 5) is 0.159. The fourth-order valence-corrected chi connectivity index (χ4v) is 4.39. The average molecular weight is 457 g/mol. The second-order valence-corrected chi connectivity index (χ2v) is 9.29. The summed E-state index contributed by atoms with van der Waals surface area (Å²) in [6.07, 6.45) is -4.36. The van der Waals surface area contributed by atoms with Crippen LogP contribution in [0.3, 0.4) is 0 Å². The number of hydrogen-bond donors (Lipinski definition) is 1. The van der Waals surface area contributed by atoms with Crippen LogP contribution >= 0.6 is 11.8 Å². The predicted octanol–water partition coefficient (Wildman–Crippen LogP) is 3.91. The Hall–Kier alpha value is -2.37. The summed E-state index contributed by atoms with van der Waals surface area (Å²) < 4.78 is 66.8. The monoisotopic (exact) mass is 456 g/mol. The van der Waals surface area contributed by atoms with Crippen LogP contribution in [0.25, 0.3) is 0 Å². The largest absolute Gasteiger partial charge is 0.416 e. The molecule has 1 aromatic heterocycles. The van der Waals surface area contributed by atoms with Crippen LogP contribution in [0, 0.1) is 6.92 Å². The first kappa shape index (κ1) is 22.3. The van der Waals surface area contributed by atoms with E-state index in [0.717, 1.165) is 17.7 Å². The molecule has 11 heteroatoms. The van der Waals surface area contributed by atoms with Crippen molar-refractivity contribution >= 4 is 21.8 Å². The van der Waals surface area contributed by atoms with Crippen molar-refractivity contribution in [1.82, 2.24) is 19.5 Å². The molecule has 0 spiro atoms. The van der Waals surface area contributed by atoms with Crippen LogP contribution in [-0.4, -0.2) is 23.2 Å². The number of sulfonamides is 1. The Labute approximate surface area is 176 Å². The van der Waals surface area contributed by atoms with Crippen LogP contribution in [0.4, 0.5) is 13.2 Å². The standard InChI is InChI=1S/C19H19F3N4O2S2/c1-13-3-9-16(10-4-13)30(27,28)23-11-17-24-25-18(26(17)2)29-12-14-5-7-15(8-6-14)19(20,21)22/h3-10,23H,11-12H2,1-2H3. The van der Waals surface area contributed by atoms with E-state index in [1.54, 1.807) is 23.7 Å². The van der Waals surface area contributed by atoms with Crippen molar-refractivity contribution in [3.63, 3.8) is 0 Å². The number of nitrogens with zero attached hydrogens (tertiary/aromatic N) is 3. The van der Waals surface area contributed by atoms with E-state index < -0.39 is 21.8 Å². The topological polar surface area (TPSA) is 76.9 Å². The van der Waals surface area contributed by atoms with Gasteiger partial charge in [0, 0.05) is 12.8 Å². The number of alkyl halides is 3. The molecule has 3 aromatic rings. The molecule has 30 heavy (non-hydrogen) atoms. The van der Waals surface area contributed by atoms with Crippen molar-refractivity contribution in [3.8, 4) is 0 Å². The summed E-state index contributed by atoms with van der Waals surface area (Å²) in [6.45, 7) is 1.83. The summed E-state index contributed by atoms with van der Waals surface area (Å²) in [7, 11) is -1.98. The average Bonchev–Trinajstić information content (AvgIpc) is 3.04. The van der Waals surface area contributed by atoms with E-state index in [0.29, 0.717) is 22.3 Å². The van der Waals surface area contributed by atoms with Crippen LogP contribution in [-0.2, 0) is 35.5 Å². The Morgan fingerprint density at radius 1 is 1.03 bits per heavy atom. The van der Waals surface area contributed by atoms with Gasteiger partial charge in [-0.25, -0.2) is 13.1 Å². The van der Waals surface area contributed by atoms with E-state index in [1.807, 2.05) is 6.92 Å². The number of nitrogens with one attached hydrogen (secondary N) is 1. The van der Waals surface area contributed by atoms with E-state index >= 15 is 0 Å². The fraction of sp³-hybridized carbons (Fsp3) is 0.263. The maximum Gasteiger partial charge on any atom is 0.416 e. The van der Waals surface area contributed by atoms with Crippen molar-refractivity contribution < 1.29 is 21.6 Å². The zero-order valence-electron chi connectivity index (χ0n) is 16.1. The number of halogens is 3. The molecule has 0 fully saturated rings. The molecule has 1 N–H and O–H groups in total. The quantitative estimate of drug-likeness (QED) is 0.546. The maximum absolute atomic E-state index is 12.6. The third-order valence-electron chi connectivity index (χ3n) is 4.33. The molecule has 0 unspecified atom stereocenters. The van der Waals surface area contributed by atoms with Gasteiger partial charge in [-0.1, -0.05) is 41.6 Å². The zero-order chi connectivity index (χ0) is 21.9. The second-order valence-electron chi connectivity index (χ2n) is 6.58. The molecule has 6 nitrogen and oxygen atoms in total. The van der Waals surface area contributed by atoms with Gasteiger partial charge in [-0.05, 0) is 36.8 Å². The van der Waals surface area contributed by atoms with Crippen LogP contribution in [0.5, 0.6) is 0 Å². The highest BCUT2D eigenvalue weighted by Crippen LogP contribution is 2.30. The molecule has 0 saturated carbocycles. The normalized spacial score (nSPS) is 12.3. The smallest absolute Gasteiger partial charge is 0.308 e. The molecule has 1 heterocycles. The summed E-state index contributed by atoms with van der Waals surface area (Å²) in [5.41, 5.74) is 0.965. The van der Waals surface area contributed by atoms with Crippen LogP contribution in [0.15, 0.2) is 58.6 Å². The van der Waals surface area contributed by atoms with Gasteiger partial charge in [0.15, 0.2) is 5.16 Å². The summed E-state index contributed by atoms with van der Waals surface area (Å²) >= 11 is 1.30. The number of rotatable bonds is 7. The minimum Gasteiger partial charge on any atom is -0.308 e. The molecule has 0 saturated heterocycles. The first-order chi connectivity index (χ1) is 14.1. The lowest BCUT2D eigenvalue weighted by atomic mass is 10.1. The zero-order valence-corrected chi connectivity index (χ0v) is 17.8. The van der Waals surface area contributed by atoms with E-state index in [2.05, 4.69) is 14.9 Å². The van der Waals surface area contributed by atoms with Gasteiger partial charge in [-0.15, -0.1) is 10.2 Å². The lowest BCUT2D eigenvalue weighted by molar-refractivity contribution is -0.137. The minimum absolute atomic E-state index is 0.0411. The Bertz CT molecular complexity index is 1110. The highest BCUT2D eigenvalue weighted by Gasteiger charge is 2.29. The SMILES string of the molecule is Cc1ccc(S(=O)(=O)NCc2nnc(SCc3ccc(C(F)(F)F)cc3)n2C)cc1.